The molecule has 0 aliphatic rings. The van der Waals surface area contributed by atoms with E-state index in [4.69, 9.17) is 5.26 Å². The van der Waals surface area contributed by atoms with Gasteiger partial charge >= 0.3 is 10.1 Å². The molecular weight excluding hydrogens is 204 g/mol. The molecular formula is C8H8N2O3S. The van der Waals surface area contributed by atoms with Gasteiger partial charge in [0.15, 0.2) is 11.4 Å². The lowest BCUT2D eigenvalue weighted by Crippen LogP contribution is -2.07. The molecule has 5 nitrogen and oxygen atoms in total. The molecule has 0 atom stereocenters. The second kappa shape index (κ2) is 3.64. The van der Waals surface area contributed by atoms with Crippen LogP contribution in [-0.2, 0) is 10.1 Å². The molecule has 0 N–H and O–H groups in total. The smallest absolute Gasteiger partial charge is 0.306 e. The van der Waals surface area contributed by atoms with E-state index in [9.17, 15) is 8.42 Å². The van der Waals surface area contributed by atoms with Gasteiger partial charge < -0.3 is 4.18 Å². The average Bonchev–Trinajstić information content (AvgIpc) is 2.01. The molecule has 0 saturated heterocycles. The maximum Gasteiger partial charge on any atom is 0.306 e. The van der Waals surface area contributed by atoms with E-state index in [2.05, 4.69) is 9.17 Å². The summed E-state index contributed by atoms with van der Waals surface area (Å²) in [4.78, 5) is 3.73. The van der Waals surface area contributed by atoms with Crippen LogP contribution >= 0.6 is 0 Å². The van der Waals surface area contributed by atoms with Gasteiger partial charge in [0, 0.05) is 6.20 Å². The van der Waals surface area contributed by atoms with E-state index >= 15 is 0 Å². The van der Waals surface area contributed by atoms with Gasteiger partial charge in [0.2, 0.25) is 0 Å². The van der Waals surface area contributed by atoms with Crippen molar-refractivity contribution in [2.75, 3.05) is 6.26 Å². The van der Waals surface area contributed by atoms with Gasteiger partial charge in [-0.3, -0.25) is 0 Å². The SMILES string of the molecule is Cc1cnc(C#N)c(OS(C)(=O)=O)c1. The molecule has 14 heavy (non-hydrogen) atoms. The molecule has 74 valence electrons. The Hall–Kier alpha value is -1.61. The fourth-order valence-electron chi connectivity index (χ4n) is 0.853. The van der Waals surface area contributed by atoms with E-state index in [1.165, 1.54) is 12.3 Å². The van der Waals surface area contributed by atoms with Crippen LogP contribution in [0.3, 0.4) is 0 Å². The highest BCUT2D eigenvalue weighted by molar-refractivity contribution is 7.86. The summed E-state index contributed by atoms with van der Waals surface area (Å²) in [6.45, 7) is 1.73. The first-order valence-corrected chi connectivity index (χ1v) is 5.50. The molecule has 1 heterocycles. The van der Waals surface area contributed by atoms with Crippen LogP contribution in [-0.4, -0.2) is 19.7 Å². The Kier molecular flexibility index (Phi) is 2.72. The number of hydrogen-bond acceptors (Lipinski definition) is 5. The van der Waals surface area contributed by atoms with Crippen molar-refractivity contribution in [3.05, 3.63) is 23.5 Å². The molecule has 0 radical (unpaired) electrons. The number of nitriles is 1. The third kappa shape index (κ3) is 2.71. The molecule has 1 aromatic rings. The van der Waals surface area contributed by atoms with Crippen LogP contribution in [0.5, 0.6) is 5.75 Å². The molecule has 0 amide bonds. The summed E-state index contributed by atoms with van der Waals surface area (Å²) < 4.78 is 26.2. The molecule has 1 rings (SSSR count). The summed E-state index contributed by atoms with van der Waals surface area (Å²) in [5, 5.41) is 8.62. The Morgan fingerprint density at radius 3 is 2.71 bits per heavy atom. The highest BCUT2D eigenvalue weighted by Gasteiger charge is 2.10. The van der Waals surface area contributed by atoms with E-state index in [1.54, 1.807) is 13.0 Å². The third-order valence-corrected chi connectivity index (χ3v) is 1.82. The average molecular weight is 212 g/mol. The van der Waals surface area contributed by atoms with Crippen molar-refractivity contribution in [3.8, 4) is 11.8 Å². The molecule has 1 aromatic heterocycles. The van der Waals surface area contributed by atoms with Crippen LogP contribution in [0.25, 0.3) is 0 Å². The fraction of sp³-hybridized carbons (Fsp3) is 0.250. The summed E-state index contributed by atoms with van der Waals surface area (Å²) in [6, 6.07) is 3.20. The second-order valence-corrected chi connectivity index (χ2v) is 4.33. The summed E-state index contributed by atoms with van der Waals surface area (Å²) in [7, 11) is -3.62. The van der Waals surface area contributed by atoms with Gasteiger partial charge in [0.25, 0.3) is 0 Å². The summed E-state index contributed by atoms with van der Waals surface area (Å²) >= 11 is 0. The first kappa shape index (κ1) is 10.5. The van der Waals surface area contributed by atoms with Crippen LogP contribution in [0.1, 0.15) is 11.3 Å². The number of aryl methyl sites for hydroxylation is 1. The zero-order chi connectivity index (χ0) is 10.8. The second-order valence-electron chi connectivity index (χ2n) is 2.76. The Morgan fingerprint density at radius 2 is 2.21 bits per heavy atom. The van der Waals surface area contributed by atoms with Crippen LogP contribution < -0.4 is 4.18 Å². The van der Waals surface area contributed by atoms with E-state index in [-0.39, 0.29) is 11.4 Å². The van der Waals surface area contributed by atoms with E-state index < -0.39 is 10.1 Å². The first-order valence-electron chi connectivity index (χ1n) is 3.68. The first-order chi connectivity index (χ1) is 6.42. The zero-order valence-electron chi connectivity index (χ0n) is 7.68. The maximum absolute atomic E-state index is 10.8. The highest BCUT2D eigenvalue weighted by atomic mass is 32.2. The summed E-state index contributed by atoms with van der Waals surface area (Å²) in [6.07, 6.45) is 2.38. The van der Waals surface area contributed by atoms with Crippen molar-refractivity contribution >= 4 is 10.1 Å². The molecule has 0 bridgehead atoms. The van der Waals surface area contributed by atoms with E-state index in [0.717, 1.165) is 11.8 Å². The number of rotatable bonds is 2. The minimum Gasteiger partial charge on any atom is -0.379 e. The Labute approximate surface area is 82.1 Å². The molecule has 0 spiro atoms. The minimum atomic E-state index is -3.62. The van der Waals surface area contributed by atoms with E-state index in [1.807, 2.05) is 0 Å². The Morgan fingerprint density at radius 1 is 1.57 bits per heavy atom. The lowest BCUT2D eigenvalue weighted by molar-refractivity contribution is 0.490. The predicted molar refractivity (Wildman–Crippen MR) is 49.2 cm³/mol. The molecule has 0 aliphatic carbocycles. The van der Waals surface area contributed by atoms with Gasteiger partial charge in [-0.1, -0.05) is 0 Å². The molecule has 0 unspecified atom stereocenters. The van der Waals surface area contributed by atoms with Gasteiger partial charge in [-0.15, -0.1) is 0 Å². The minimum absolute atomic E-state index is 0.0324. The molecule has 0 fully saturated rings. The molecule has 0 aromatic carbocycles. The lowest BCUT2D eigenvalue weighted by atomic mass is 10.2. The van der Waals surface area contributed by atoms with Gasteiger partial charge in [-0.25, -0.2) is 4.98 Å². The number of hydrogen-bond donors (Lipinski definition) is 0. The predicted octanol–water partition coefficient (Wildman–Crippen LogP) is 0.600. The van der Waals surface area contributed by atoms with Crippen LogP contribution in [0.2, 0.25) is 0 Å². The molecule has 0 saturated carbocycles. The van der Waals surface area contributed by atoms with Gasteiger partial charge in [-0.05, 0) is 18.6 Å². The number of aromatic nitrogens is 1. The summed E-state index contributed by atoms with van der Waals surface area (Å²) in [5.41, 5.74) is 0.684. The highest BCUT2D eigenvalue weighted by Crippen LogP contribution is 2.18. The largest absolute Gasteiger partial charge is 0.379 e. The Balaban J connectivity index is 3.20. The van der Waals surface area contributed by atoms with Gasteiger partial charge in [-0.2, -0.15) is 13.7 Å². The van der Waals surface area contributed by atoms with Crippen molar-refractivity contribution in [1.82, 2.24) is 4.98 Å². The fourth-order valence-corrected chi connectivity index (χ4v) is 1.31. The quantitative estimate of drug-likeness (QED) is 0.670. The Bertz CT molecular complexity index is 488. The van der Waals surface area contributed by atoms with Gasteiger partial charge in [0.1, 0.15) is 6.07 Å². The van der Waals surface area contributed by atoms with Crippen LogP contribution in [0.4, 0.5) is 0 Å². The molecule has 6 heteroatoms. The van der Waals surface area contributed by atoms with Crippen LogP contribution in [0.15, 0.2) is 12.3 Å². The van der Waals surface area contributed by atoms with Crippen molar-refractivity contribution in [2.45, 2.75) is 6.92 Å². The summed E-state index contributed by atoms with van der Waals surface area (Å²) in [5.74, 6) is -0.0324. The van der Waals surface area contributed by atoms with Crippen LogP contribution in [0, 0.1) is 18.3 Å². The topological polar surface area (TPSA) is 80.0 Å². The van der Waals surface area contributed by atoms with E-state index in [0.29, 0.717) is 0 Å². The molecule has 0 aliphatic heterocycles. The normalized spacial score (nSPS) is 10.6. The zero-order valence-corrected chi connectivity index (χ0v) is 8.50. The number of nitrogens with zero attached hydrogens (tertiary/aromatic N) is 2. The van der Waals surface area contributed by atoms with Crippen molar-refractivity contribution in [1.29, 1.82) is 5.26 Å². The monoisotopic (exact) mass is 212 g/mol. The maximum atomic E-state index is 10.8. The number of pyridine rings is 1. The lowest BCUT2D eigenvalue weighted by Gasteiger charge is -2.04. The third-order valence-electron chi connectivity index (χ3n) is 1.34. The standard InChI is InChI=1S/C8H8N2O3S/c1-6-3-8(13-14(2,11)12)7(4-9)10-5-6/h3,5H,1-2H3. The van der Waals surface area contributed by atoms with Crippen molar-refractivity contribution in [3.63, 3.8) is 0 Å². The van der Waals surface area contributed by atoms with Gasteiger partial charge in [0.05, 0.1) is 6.26 Å². The van der Waals surface area contributed by atoms with Crippen molar-refractivity contribution < 1.29 is 12.6 Å². The van der Waals surface area contributed by atoms with Crippen molar-refractivity contribution in [2.24, 2.45) is 0 Å².